The van der Waals surface area contributed by atoms with Crippen molar-refractivity contribution in [3.05, 3.63) is 23.9 Å². The molecule has 19 heavy (non-hydrogen) atoms. The molecule has 0 aromatic carbocycles. The molecule has 1 aromatic rings. The third-order valence-electron chi connectivity index (χ3n) is 3.25. The first-order valence-corrected chi connectivity index (χ1v) is 6.73. The van der Waals surface area contributed by atoms with Gasteiger partial charge >= 0.3 is 0 Å². The fourth-order valence-electron chi connectivity index (χ4n) is 2.12. The number of aliphatic hydroxyl groups is 1. The van der Waals surface area contributed by atoms with Gasteiger partial charge in [0.1, 0.15) is 5.82 Å². The van der Waals surface area contributed by atoms with Crippen LogP contribution >= 0.6 is 0 Å². The molecular formula is C14H23N3O2. The summed E-state index contributed by atoms with van der Waals surface area (Å²) in [5.41, 5.74) is 0.555. The molecule has 0 aliphatic heterocycles. The monoisotopic (exact) mass is 265 g/mol. The van der Waals surface area contributed by atoms with Gasteiger partial charge in [-0.3, -0.25) is 4.79 Å². The van der Waals surface area contributed by atoms with Gasteiger partial charge in [-0.15, -0.1) is 0 Å². The van der Waals surface area contributed by atoms with Gasteiger partial charge in [0.2, 0.25) is 0 Å². The quantitative estimate of drug-likeness (QED) is 0.788. The Labute approximate surface area is 114 Å². The molecule has 0 radical (unpaired) electrons. The van der Waals surface area contributed by atoms with Crippen molar-refractivity contribution >= 4 is 11.7 Å². The van der Waals surface area contributed by atoms with Crippen LogP contribution in [-0.2, 0) is 0 Å². The van der Waals surface area contributed by atoms with Crippen molar-refractivity contribution in [1.29, 1.82) is 0 Å². The number of hydrogen-bond donors (Lipinski definition) is 2. The van der Waals surface area contributed by atoms with Crippen LogP contribution in [0, 0.1) is 0 Å². The molecule has 0 atom stereocenters. The van der Waals surface area contributed by atoms with E-state index in [-0.39, 0.29) is 18.6 Å². The highest BCUT2D eigenvalue weighted by molar-refractivity contribution is 5.94. The van der Waals surface area contributed by atoms with Gasteiger partial charge < -0.3 is 15.3 Å². The van der Waals surface area contributed by atoms with Crippen LogP contribution in [0.15, 0.2) is 18.3 Å². The standard InChI is InChI=1S/C14H23N3O2/c1-4-12(5-2)17(8-9-18)14(19)11-6-7-13(15-3)16-10-11/h6-7,10,12,18H,4-5,8-9H2,1-3H3,(H,15,16). The zero-order valence-corrected chi connectivity index (χ0v) is 11.9. The largest absolute Gasteiger partial charge is 0.395 e. The van der Waals surface area contributed by atoms with E-state index >= 15 is 0 Å². The highest BCUT2D eigenvalue weighted by atomic mass is 16.3. The highest BCUT2D eigenvalue weighted by Crippen LogP contribution is 2.14. The third-order valence-corrected chi connectivity index (χ3v) is 3.25. The summed E-state index contributed by atoms with van der Waals surface area (Å²) in [5, 5.41) is 12.1. The lowest BCUT2D eigenvalue weighted by Gasteiger charge is -2.30. The number of aliphatic hydroxyl groups excluding tert-OH is 1. The van der Waals surface area contributed by atoms with Gasteiger partial charge in [-0.2, -0.15) is 0 Å². The number of anilines is 1. The smallest absolute Gasteiger partial charge is 0.255 e. The zero-order valence-electron chi connectivity index (χ0n) is 11.9. The molecule has 5 heteroatoms. The highest BCUT2D eigenvalue weighted by Gasteiger charge is 2.22. The maximum Gasteiger partial charge on any atom is 0.255 e. The molecule has 5 nitrogen and oxygen atoms in total. The van der Waals surface area contributed by atoms with E-state index in [1.165, 1.54) is 0 Å². The number of amides is 1. The van der Waals surface area contributed by atoms with Gasteiger partial charge in [0.25, 0.3) is 5.91 Å². The fraction of sp³-hybridized carbons (Fsp3) is 0.571. The van der Waals surface area contributed by atoms with Gasteiger partial charge in [0, 0.05) is 25.8 Å². The topological polar surface area (TPSA) is 65.5 Å². The van der Waals surface area contributed by atoms with Crippen LogP contribution in [0.25, 0.3) is 0 Å². The van der Waals surface area contributed by atoms with E-state index in [4.69, 9.17) is 5.11 Å². The number of carbonyl (C=O) groups excluding carboxylic acids is 1. The van der Waals surface area contributed by atoms with Crippen molar-refractivity contribution in [3.8, 4) is 0 Å². The van der Waals surface area contributed by atoms with Crippen LogP contribution in [0.5, 0.6) is 0 Å². The van der Waals surface area contributed by atoms with E-state index in [0.717, 1.165) is 18.7 Å². The molecule has 1 amide bonds. The summed E-state index contributed by atoms with van der Waals surface area (Å²) >= 11 is 0. The molecule has 0 saturated heterocycles. The normalized spacial score (nSPS) is 10.6. The first-order valence-electron chi connectivity index (χ1n) is 6.73. The second kappa shape index (κ2) is 7.74. The van der Waals surface area contributed by atoms with Crippen molar-refractivity contribution in [2.24, 2.45) is 0 Å². The molecule has 0 aliphatic carbocycles. The van der Waals surface area contributed by atoms with Crippen molar-refractivity contribution < 1.29 is 9.90 Å². The average molecular weight is 265 g/mol. The van der Waals surface area contributed by atoms with Crippen LogP contribution in [0.4, 0.5) is 5.82 Å². The number of rotatable bonds is 7. The lowest BCUT2D eigenvalue weighted by Crippen LogP contribution is -2.41. The molecule has 0 spiro atoms. The maximum absolute atomic E-state index is 12.4. The van der Waals surface area contributed by atoms with E-state index in [1.54, 1.807) is 30.3 Å². The molecule has 1 aromatic heterocycles. The molecule has 1 rings (SSSR count). The summed E-state index contributed by atoms with van der Waals surface area (Å²) in [6.07, 6.45) is 3.33. The molecule has 0 unspecified atom stereocenters. The van der Waals surface area contributed by atoms with Crippen LogP contribution in [0.3, 0.4) is 0 Å². The Hall–Kier alpha value is -1.62. The Morgan fingerprint density at radius 3 is 2.53 bits per heavy atom. The predicted molar refractivity (Wildman–Crippen MR) is 76.3 cm³/mol. The molecule has 2 N–H and O–H groups in total. The van der Waals surface area contributed by atoms with Crippen LogP contribution in [0.1, 0.15) is 37.0 Å². The van der Waals surface area contributed by atoms with E-state index in [0.29, 0.717) is 12.1 Å². The Kier molecular flexibility index (Phi) is 6.29. The lowest BCUT2D eigenvalue weighted by atomic mass is 10.1. The van der Waals surface area contributed by atoms with Gasteiger partial charge in [-0.1, -0.05) is 13.8 Å². The summed E-state index contributed by atoms with van der Waals surface area (Å²) in [5.74, 6) is 0.658. The van der Waals surface area contributed by atoms with Gasteiger partial charge in [0.05, 0.1) is 12.2 Å². The zero-order chi connectivity index (χ0) is 14.3. The van der Waals surface area contributed by atoms with Gasteiger partial charge in [-0.25, -0.2) is 4.98 Å². The molecule has 1 heterocycles. The van der Waals surface area contributed by atoms with E-state index in [1.807, 2.05) is 13.8 Å². The molecule has 0 bridgehead atoms. The van der Waals surface area contributed by atoms with Crippen molar-refractivity contribution in [2.45, 2.75) is 32.7 Å². The average Bonchev–Trinajstić information content (AvgIpc) is 2.47. The fourth-order valence-corrected chi connectivity index (χ4v) is 2.12. The molecular weight excluding hydrogens is 242 g/mol. The van der Waals surface area contributed by atoms with E-state index in [2.05, 4.69) is 10.3 Å². The van der Waals surface area contributed by atoms with Crippen molar-refractivity contribution in [2.75, 3.05) is 25.5 Å². The maximum atomic E-state index is 12.4. The summed E-state index contributed by atoms with van der Waals surface area (Å²) in [6, 6.07) is 3.69. The van der Waals surface area contributed by atoms with Crippen LogP contribution in [-0.4, -0.2) is 47.1 Å². The number of hydrogen-bond acceptors (Lipinski definition) is 4. The number of aromatic nitrogens is 1. The molecule has 0 aliphatic rings. The number of pyridine rings is 1. The van der Waals surface area contributed by atoms with Crippen LogP contribution < -0.4 is 5.32 Å². The number of carbonyl (C=O) groups is 1. The Balaban J connectivity index is 2.91. The number of nitrogens with zero attached hydrogens (tertiary/aromatic N) is 2. The van der Waals surface area contributed by atoms with Crippen LogP contribution in [0.2, 0.25) is 0 Å². The Morgan fingerprint density at radius 2 is 2.11 bits per heavy atom. The van der Waals surface area contributed by atoms with E-state index < -0.39 is 0 Å². The molecule has 106 valence electrons. The van der Waals surface area contributed by atoms with Crippen molar-refractivity contribution in [3.63, 3.8) is 0 Å². The van der Waals surface area contributed by atoms with Gasteiger partial charge in [-0.05, 0) is 25.0 Å². The van der Waals surface area contributed by atoms with Gasteiger partial charge in [0.15, 0.2) is 0 Å². The number of nitrogens with one attached hydrogen (secondary N) is 1. The Morgan fingerprint density at radius 1 is 1.42 bits per heavy atom. The first kappa shape index (κ1) is 15.4. The Bertz CT molecular complexity index is 388. The molecule has 0 saturated carbocycles. The summed E-state index contributed by atoms with van der Waals surface area (Å²) in [7, 11) is 1.78. The molecule has 0 fully saturated rings. The van der Waals surface area contributed by atoms with Crippen molar-refractivity contribution in [1.82, 2.24) is 9.88 Å². The SMILES string of the molecule is CCC(CC)N(CCO)C(=O)c1ccc(NC)nc1. The lowest BCUT2D eigenvalue weighted by molar-refractivity contribution is 0.0622. The second-order valence-electron chi connectivity index (χ2n) is 4.37. The summed E-state index contributed by atoms with van der Waals surface area (Å²) < 4.78 is 0. The summed E-state index contributed by atoms with van der Waals surface area (Å²) in [4.78, 5) is 18.3. The predicted octanol–water partition coefficient (Wildman–Crippen LogP) is 1.75. The summed E-state index contributed by atoms with van der Waals surface area (Å²) in [6.45, 7) is 4.44. The third kappa shape index (κ3) is 3.92. The second-order valence-corrected chi connectivity index (χ2v) is 4.37. The first-order chi connectivity index (χ1) is 9.17. The minimum Gasteiger partial charge on any atom is -0.395 e. The van der Waals surface area contributed by atoms with E-state index in [9.17, 15) is 4.79 Å². The minimum atomic E-state index is -0.0714. The minimum absolute atomic E-state index is 0.0235.